The molecule has 0 unspecified atom stereocenters. The summed E-state index contributed by atoms with van der Waals surface area (Å²) in [6, 6.07) is 3.36. The second kappa shape index (κ2) is 4.90. The summed E-state index contributed by atoms with van der Waals surface area (Å²) in [5.41, 5.74) is 4.79. The fourth-order valence-corrected chi connectivity index (χ4v) is 3.46. The molecule has 0 spiro atoms. The zero-order chi connectivity index (χ0) is 14.0. The molecule has 0 amide bonds. The van der Waals surface area contributed by atoms with Gasteiger partial charge in [-0.3, -0.25) is 15.7 Å². The van der Waals surface area contributed by atoms with Crippen LogP contribution in [0.25, 0.3) is 0 Å². The van der Waals surface area contributed by atoms with Gasteiger partial charge < -0.3 is 5.43 Å². The number of hydrogen-bond acceptors (Lipinski definition) is 5. The first-order valence-corrected chi connectivity index (χ1v) is 7.02. The van der Waals surface area contributed by atoms with Gasteiger partial charge in [0.05, 0.1) is 16.8 Å². The van der Waals surface area contributed by atoms with E-state index in [1.165, 1.54) is 12.4 Å². The molecule has 0 aliphatic rings. The lowest BCUT2D eigenvalue weighted by molar-refractivity contribution is 0.600. The normalized spacial score (nSPS) is 11.3. The number of nitrogen functional groups attached to an aromatic ring is 1. The first-order valence-electron chi connectivity index (χ1n) is 5.53. The zero-order valence-corrected chi connectivity index (χ0v) is 11.4. The minimum absolute atomic E-state index is 0.243. The molecule has 7 nitrogen and oxygen atoms in total. The lowest BCUT2D eigenvalue weighted by Gasteiger charge is -2.13. The molecule has 0 aliphatic carbocycles. The molecule has 19 heavy (non-hydrogen) atoms. The van der Waals surface area contributed by atoms with Crippen LogP contribution in [0.5, 0.6) is 0 Å². The number of rotatable bonds is 4. The summed E-state index contributed by atoms with van der Waals surface area (Å²) in [6.07, 6.45) is 2.87. The summed E-state index contributed by atoms with van der Waals surface area (Å²) in [7, 11) is -3.65. The Morgan fingerprint density at radius 1 is 1.21 bits per heavy atom. The lowest BCUT2D eigenvalue weighted by atomic mass is 10.1. The Bertz CT molecular complexity index is 656. The van der Waals surface area contributed by atoms with Gasteiger partial charge in [0.15, 0.2) is 0 Å². The molecule has 8 heteroatoms. The third-order valence-electron chi connectivity index (χ3n) is 2.65. The molecule has 1 aromatic carbocycles. The Labute approximate surface area is 111 Å². The molecule has 0 aliphatic heterocycles. The largest absolute Gasteiger partial charge is 0.324 e. The van der Waals surface area contributed by atoms with Crippen LogP contribution in [-0.4, -0.2) is 18.6 Å². The summed E-state index contributed by atoms with van der Waals surface area (Å²) in [4.78, 5) is 0.243. The number of hydrazine groups is 1. The van der Waals surface area contributed by atoms with E-state index < -0.39 is 10.0 Å². The molecule has 0 radical (unpaired) electrons. The highest BCUT2D eigenvalue weighted by Gasteiger charge is 2.20. The number of sulfonamides is 1. The van der Waals surface area contributed by atoms with E-state index in [9.17, 15) is 8.42 Å². The van der Waals surface area contributed by atoms with E-state index in [0.717, 1.165) is 0 Å². The first kappa shape index (κ1) is 13.4. The van der Waals surface area contributed by atoms with Crippen LogP contribution in [0.3, 0.4) is 0 Å². The van der Waals surface area contributed by atoms with Crippen molar-refractivity contribution in [3.8, 4) is 0 Å². The lowest BCUT2D eigenvalue weighted by Crippen LogP contribution is -2.16. The third-order valence-corrected chi connectivity index (χ3v) is 4.33. The summed E-state index contributed by atoms with van der Waals surface area (Å²) in [6.45, 7) is 3.44. The predicted octanol–water partition coefficient (Wildman–Crippen LogP) is 1.11. The minimum Gasteiger partial charge on any atom is -0.324 e. The average Bonchev–Trinajstić information content (AvgIpc) is 2.79. The zero-order valence-electron chi connectivity index (χ0n) is 10.6. The first-order chi connectivity index (χ1) is 8.94. The Morgan fingerprint density at radius 2 is 1.84 bits per heavy atom. The third kappa shape index (κ3) is 2.69. The van der Waals surface area contributed by atoms with Crippen LogP contribution in [0.2, 0.25) is 0 Å². The van der Waals surface area contributed by atoms with Gasteiger partial charge in [0.2, 0.25) is 0 Å². The molecule has 0 saturated heterocycles. The Morgan fingerprint density at radius 3 is 2.32 bits per heavy atom. The van der Waals surface area contributed by atoms with E-state index >= 15 is 0 Å². The van der Waals surface area contributed by atoms with Crippen molar-refractivity contribution in [2.24, 2.45) is 5.84 Å². The maximum absolute atomic E-state index is 12.3. The van der Waals surface area contributed by atoms with Crippen molar-refractivity contribution in [3.05, 3.63) is 35.7 Å². The van der Waals surface area contributed by atoms with Crippen LogP contribution in [0.15, 0.2) is 29.4 Å². The van der Waals surface area contributed by atoms with Gasteiger partial charge in [-0.2, -0.15) is 5.10 Å². The molecule has 5 N–H and O–H groups in total. The van der Waals surface area contributed by atoms with E-state index in [4.69, 9.17) is 5.84 Å². The molecular weight excluding hydrogens is 266 g/mol. The van der Waals surface area contributed by atoms with Crippen LogP contribution >= 0.6 is 0 Å². The van der Waals surface area contributed by atoms with Gasteiger partial charge in [-0.25, -0.2) is 8.42 Å². The number of anilines is 2. The van der Waals surface area contributed by atoms with E-state index in [2.05, 4.69) is 20.3 Å². The maximum atomic E-state index is 12.3. The van der Waals surface area contributed by atoms with Crippen molar-refractivity contribution in [2.75, 3.05) is 10.1 Å². The van der Waals surface area contributed by atoms with Crippen molar-refractivity contribution < 1.29 is 8.42 Å². The van der Waals surface area contributed by atoms with Crippen LogP contribution in [0, 0.1) is 13.8 Å². The number of nitrogens with two attached hydrogens (primary N) is 1. The van der Waals surface area contributed by atoms with Crippen molar-refractivity contribution in [1.82, 2.24) is 10.2 Å². The van der Waals surface area contributed by atoms with Gasteiger partial charge in [-0.15, -0.1) is 0 Å². The van der Waals surface area contributed by atoms with Crippen LogP contribution in [0.4, 0.5) is 11.4 Å². The Kier molecular flexibility index (Phi) is 3.45. The van der Waals surface area contributed by atoms with Crippen LogP contribution in [0.1, 0.15) is 11.1 Å². The van der Waals surface area contributed by atoms with Gasteiger partial charge in [0, 0.05) is 11.9 Å². The van der Waals surface area contributed by atoms with Crippen LogP contribution < -0.4 is 16.0 Å². The summed E-state index contributed by atoms with van der Waals surface area (Å²) >= 11 is 0. The fourth-order valence-electron chi connectivity index (χ4n) is 1.97. The molecule has 2 aromatic rings. The Hall–Kier alpha value is -2.06. The summed E-state index contributed by atoms with van der Waals surface area (Å²) in [5.74, 6) is 5.33. The number of aromatic amines is 1. The molecule has 0 saturated carbocycles. The van der Waals surface area contributed by atoms with Crippen molar-refractivity contribution in [1.29, 1.82) is 0 Å². The number of H-pyrrole nitrogens is 1. The highest BCUT2D eigenvalue weighted by molar-refractivity contribution is 7.92. The number of aryl methyl sites for hydroxylation is 2. The average molecular weight is 281 g/mol. The smallest absolute Gasteiger partial charge is 0.262 e. The van der Waals surface area contributed by atoms with E-state index in [0.29, 0.717) is 22.5 Å². The molecule has 0 atom stereocenters. The van der Waals surface area contributed by atoms with Crippen molar-refractivity contribution >= 4 is 21.4 Å². The SMILES string of the molecule is Cc1cc(NN)cc(C)c1S(=O)(=O)Nc1cn[nH]c1. The van der Waals surface area contributed by atoms with E-state index in [-0.39, 0.29) is 4.90 Å². The van der Waals surface area contributed by atoms with Gasteiger partial charge in [-0.05, 0) is 37.1 Å². The summed E-state index contributed by atoms with van der Waals surface area (Å²) < 4.78 is 27.1. The quantitative estimate of drug-likeness (QED) is 0.495. The molecule has 102 valence electrons. The minimum atomic E-state index is -3.65. The number of nitrogens with one attached hydrogen (secondary N) is 3. The van der Waals surface area contributed by atoms with E-state index in [1.807, 2.05) is 0 Å². The van der Waals surface area contributed by atoms with Crippen molar-refractivity contribution in [3.63, 3.8) is 0 Å². The highest BCUT2D eigenvalue weighted by atomic mass is 32.2. The fraction of sp³-hybridized carbons (Fsp3) is 0.182. The highest BCUT2D eigenvalue weighted by Crippen LogP contribution is 2.25. The molecule has 1 aromatic heterocycles. The van der Waals surface area contributed by atoms with Crippen molar-refractivity contribution in [2.45, 2.75) is 18.7 Å². The topological polar surface area (TPSA) is 113 Å². The predicted molar refractivity (Wildman–Crippen MR) is 73.1 cm³/mol. The monoisotopic (exact) mass is 281 g/mol. The maximum Gasteiger partial charge on any atom is 0.262 e. The number of aromatic nitrogens is 2. The second-order valence-corrected chi connectivity index (χ2v) is 5.80. The molecular formula is C11H15N5O2S. The van der Waals surface area contributed by atoms with Gasteiger partial charge >= 0.3 is 0 Å². The number of nitrogens with zero attached hydrogens (tertiary/aromatic N) is 1. The van der Waals surface area contributed by atoms with E-state index in [1.54, 1.807) is 26.0 Å². The second-order valence-electron chi connectivity index (χ2n) is 4.18. The Balaban J connectivity index is 2.46. The van der Waals surface area contributed by atoms with Gasteiger partial charge in [0.1, 0.15) is 0 Å². The molecule has 0 bridgehead atoms. The molecule has 1 heterocycles. The standard InChI is InChI=1S/C11H15N5O2S/c1-7-3-9(15-12)4-8(2)11(7)19(17,18)16-10-5-13-14-6-10/h3-6,15-16H,12H2,1-2H3,(H,13,14). The van der Waals surface area contributed by atoms with Crippen LogP contribution in [-0.2, 0) is 10.0 Å². The van der Waals surface area contributed by atoms with Gasteiger partial charge in [-0.1, -0.05) is 0 Å². The van der Waals surface area contributed by atoms with Gasteiger partial charge in [0.25, 0.3) is 10.0 Å². The number of hydrogen-bond donors (Lipinski definition) is 4. The number of benzene rings is 1. The summed E-state index contributed by atoms with van der Waals surface area (Å²) in [5, 5.41) is 6.24. The molecule has 0 fully saturated rings. The molecule has 2 rings (SSSR count).